The standard InChI is InChI=1S/C18H30N2/c1-5-18(6-2)14-20(12-11-19-18)13-16-7-9-17(10-8-16)15(3)4/h7-10,15,19H,5-6,11-14H2,1-4H3. The highest BCUT2D eigenvalue weighted by atomic mass is 15.2. The van der Waals surface area contributed by atoms with E-state index in [4.69, 9.17) is 0 Å². The van der Waals surface area contributed by atoms with Crippen molar-refractivity contribution in [1.29, 1.82) is 0 Å². The molecule has 0 atom stereocenters. The molecule has 1 aliphatic rings. The van der Waals surface area contributed by atoms with Crippen LogP contribution in [0.15, 0.2) is 24.3 Å². The van der Waals surface area contributed by atoms with E-state index in [0.717, 1.165) is 19.6 Å². The van der Waals surface area contributed by atoms with E-state index in [1.807, 2.05) is 0 Å². The minimum Gasteiger partial charge on any atom is -0.309 e. The molecule has 0 aromatic heterocycles. The van der Waals surface area contributed by atoms with Crippen LogP contribution in [0.4, 0.5) is 0 Å². The topological polar surface area (TPSA) is 15.3 Å². The molecular weight excluding hydrogens is 244 g/mol. The van der Waals surface area contributed by atoms with Crippen molar-refractivity contribution < 1.29 is 0 Å². The molecule has 0 bridgehead atoms. The summed E-state index contributed by atoms with van der Waals surface area (Å²) in [5.74, 6) is 0.621. The minimum absolute atomic E-state index is 0.329. The van der Waals surface area contributed by atoms with Gasteiger partial charge in [0, 0.05) is 31.7 Å². The second-order valence-corrected chi connectivity index (χ2v) is 6.52. The lowest BCUT2D eigenvalue weighted by Gasteiger charge is -2.43. The zero-order valence-corrected chi connectivity index (χ0v) is 13.6. The zero-order chi connectivity index (χ0) is 14.6. The highest BCUT2D eigenvalue weighted by Gasteiger charge is 2.31. The van der Waals surface area contributed by atoms with Gasteiger partial charge in [-0.2, -0.15) is 0 Å². The first-order valence-corrected chi connectivity index (χ1v) is 8.15. The molecule has 1 fully saturated rings. The number of rotatable bonds is 5. The van der Waals surface area contributed by atoms with Crippen molar-refractivity contribution in [2.75, 3.05) is 19.6 Å². The van der Waals surface area contributed by atoms with Crippen LogP contribution in [-0.2, 0) is 6.54 Å². The summed E-state index contributed by atoms with van der Waals surface area (Å²) in [6.07, 6.45) is 2.43. The van der Waals surface area contributed by atoms with Crippen LogP contribution in [0, 0.1) is 0 Å². The van der Waals surface area contributed by atoms with Crippen molar-refractivity contribution >= 4 is 0 Å². The quantitative estimate of drug-likeness (QED) is 0.879. The van der Waals surface area contributed by atoms with Crippen LogP contribution in [0.25, 0.3) is 0 Å². The molecule has 2 rings (SSSR count). The molecule has 0 radical (unpaired) electrons. The van der Waals surface area contributed by atoms with Gasteiger partial charge in [-0.25, -0.2) is 0 Å². The van der Waals surface area contributed by atoms with Gasteiger partial charge in [-0.3, -0.25) is 4.90 Å². The molecule has 112 valence electrons. The fraction of sp³-hybridized carbons (Fsp3) is 0.667. The summed E-state index contributed by atoms with van der Waals surface area (Å²) in [5, 5.41) is 3.73. The molecule has 1 saturated heterocycles. The van der Waals surface area contributed by atoms with Crippen molar-refractivity contribution in [3.8, 4) is 0 Å². The van der Waals surface area contributed by atoms with Crippen LogP contribution in [-0.4, -0.2) is 30.1 Å². The number of nitrogens with zero attached hydrogens (tertiary/aromatic N) is 1. The minimum atomic E-state index is 0.329. The Hall–Kier alpha value is -0.860. The van der Waals surface area contributed by atoms with Crippen LogP contribution in [0.5, 0.6) is 0 Å². The first-order valence-electron chi connectivity index (χ1n) is 8.15. The first kappa shape index (κ1) is 15.5. The fourth-order valence-electron chi connectivity index (χ4n) is 3.17. The van der Waals surface area contributed by atoms with Gasteiger partial charge in [-0.1, -0.05) is 52.0 Å². The predicted molar refractivity (Wildman–Crippen MR) is 87.1 cm³/mol. The number of benzene rings is 1. The summed E-state index contributed by atoms with van der Waals surface area (Å²) in [7, 11) is 0. The van der Waals surface area contributed by atoms with Crippen LogP contribution < -0.4 is 5.32 Å². The highest BCUT2D eigenvalue weighted by molar-refractivity contribution is 5.24. The molecule has 0 amide bonds. The Kier molecular flexibility index (Phi) is 5.22. The van der Waals surface area contributed by atoms with Gasteiger partial charge in [0.05, 0.1) is 0 Å². The molecule has 0 aliphatic carbocycles. The number of piperazine rings is 1. The lowest BCUT2D eigenvalue weighted by molar-refractivity contribution is 0.118. The van der Waals surface area contributed by atoms with Crippen molar-refractivity contribution in [3.05, 3.63) is 35.4 Å². The molecule has 2 heteroatoms. The van der Waals surface area contributed by atoms with E-state index in [2.05, 4.69) is 62.2 Å². The SMILES string of the molecule is CCC1(CC)CN(Cc2ccc(C(C)C)cc2)CCN1. The lowest BCUT2D eigenvalue weighted by Crippen LogP contribution is -2.59. The third-order valence-electron chi connectivity index (χ3n) is 4.86. The van der Waals surface area contributed by atoms with E-state index in [-0.39, 0.29) is 0 Å². The third-order valence-corrected chi connectivity index (χ3v) is 4.86. The Balaban J connectivity index is 1.99. The van der Waals surface area contributed by atoms with E-state index in [1.165, 1.54) is 30.5 Å². The number of hydrogen-bond donors (Lipinski definition) is 1. The molecule has 1 aromatic carbocycles. The molecule has 20 heavy (non-hydrogen) atoms. The van der Waals surface area contributed by atoms with Gasteiger partial charge < -0.3 is 5.32 Å². The molecular formula is C18H30N2. The Morgan fingerprint density at radius 1 is 1.15 bits per heavy atom. The summed E-state index contributed by atoms with van der Waals surface area (Å²) >= 11 is 0. The van der Waals surface area contributed by atoms with Crippen molar-refractivity contribution in [1.82, 2.24) is 10.2 Å². The Morgan fingerprint density at radius 3 is 2.35 bits per heavy atom. The van der Waals surface area contributed by atoms with Crippen LogP contribution in [0.2, 0.25) is 0 Å². The maximum absolute atomic E-state index is 3.73. The molecule has 0 saturated carbocycles. The molecule has 0 spiro atoms. The van der Waals surface area contributed by atoms with Gasteiger partial charge in [0.25, 0.3) is 0 Å². The molecule has 1 aliphatic heterocycles. The average Bonchev–Trinajstić information content (AvgIpc) is 2.48. The molecule has 2 nitrogen and oxygen atoms in total. The summed E-state index contributed by atoms with van der Waals surface area (Å²) in [6.45, 7) is 13.6. The number of nitrogens with one attached hydrogen (secondary N) is 1. The van der Waals surface area contributed by atoms with Crippen LogP contribution >= 0.6 is 0 Å². The maximum Gasteiger partial charge on any atom is 0.0304 e. The van der Waals surface area contributed by atoms with Gasteiger partial charge in [-0.05, 0) is 29.9 Å². The third kappa shape index (κ3) is 3.62. The van der Waals surface area contributed by atoms with Crippen molar-refractivity contribution in [2.24, 2.45) is 0 Å². The summed E-state index contributed by atoms with van der Waals surface area (Å²) in [5.41, 5.74) is 3.21. The molecule has 1 aromatic rings. The van der Waals surface area contributed by atoms with E-state index in [0.29, 0.717) is 11.5 Å². The fourth-order valence-corrected chi connectivity index (χ4v) is 3.17. The van der Waals surface area contributed by atoms with Gasteiger partial charge in [0.2, 0.25) is 0 Å². The van der Waals surface area contributed by atoms with E-state index in [1.54, 1.807) is 0 Å². The highest BCUT2D eigenvalue weighted by Crippen LogP contribution is 2.22. The van der Waals surface area contributed by atoms with E-state index < -0.39 is 0 Å². The van der Waals surface area contributed by atoms with Crippen LogP contribution in [0.1, 0.15) is 57.6 Å². The largest absolute Gasteiger partial charge is 0.309 e. The Bertz CT molecular complexity index is 404. The van der Waals surface area contributed by atoms with Gasteiger partial charge >= 0.3 is 0 Å². The zero-order valence-electron chi connectivity index (χ0n) is 13.6. The van der Waals surface area contributed by atoms with E-state index in [9.17, 15) is 0 Å². The van der Waals surface area contributed by atoms with Crippen molar-refractivity contribution in [3.63, 3.8) is 0 Å². The summed E-state index contributed by atoms with van der Waals surface area (Å²) in [4.78, 5) is 2.61. The number of hydrogen-bond acceptors (Lipinski definition) is 2. The Labute approximate surface area is 124 Å². The van der Waals surface area contributed by atoms with Crippen LogP contribution in [0.3, 0.4) is 0 Å². The maximum atomic E-state index is 3.73. The van der Waals surface area contributed by atoms with Gasteiger partial charge in [-0.15, -0.1) is 0 Å². The van der Waals surface area contributed by atoms with E-state index >= 15 is 0 Å². The molecule has 1 N–H and O–H groups in total. The first-order chi connectivity index (χ1) is 9.58. The average molecular weight is 274 g/mol. The summed E-state index contributed by atoms with van der Waals surface area (Å²) in [6, 6.07) is 9.18. The van der Waals surface area contributed by atoms with Crippen molar-refractivity contribution in [2.45, 2.75) is 58.5 Å². The predicted octanol–water partition coefficient (Wildman–Crippen LogP) is 3.77. The second-order valence-electron chi connectivity index (χ2n) is 6.52. The normalized spacial score (nSPS) is 19.4. The second kappa shape index (κ2) is 6.73. The molecule has 0 unspecified atom stereocenters. The van der Waals surface area contributed by atoms with Gasteiger partial charge in [0.1, 0.15) is 0 Å². The monoisotopic (exact) mass is 274 g/mol. The lowest BCUT2D eigenvalue weighted by atomic mass is 9.90. The molecule has 1 heterocycles. The summed E-state index contributed by atoms with van der Waals surface area (Å²) < 4.78 is 0. The Morgan fingerprint density at radius 2 is 1.80 bits per heavy atom. The van der Waals surface area contributed by atoms with Gasteiger partial charge in [0.15, 0.2) is 0 Å². The smallest absolute Gasteiger partial charge is 0.0304 e.